The first-order valence-corrected chi connectivity index (χ1v) is 6.82. The Morgan fingerprint density at radius 2 is 2.15 bits per heavy atom. The zero-order chi connectivity index (χ0) is 13.8. The van der Waals surface area contributed by atoms with Crippen LogP contribution in [0, 0.1) is 11.3 Å². The molecule has 2 aromatic rings. The molecule has 2 heterocycles. The molecule has 1 fully saturated rings. The van der Waals surface area contributed by atoms with Gasteiger partial charge in [-0.25, -0.2) is 0 Å². The van der Waals surface area contributed by atoms with Gasteiger partial charge in [0.05, 0.1) is 23.5 Å². The quantitative estimate of drug-likeness (QED) is 0.881. The molecule has 0 atom stereocenters. The summed E-state index contributed by atoms with van der Waals surface area (Å²) in [5.74, 6) is 0. The molecular formula is C15H17N5. The van der Waals surface area contributed by atoms with Crippen LogP contribution in [0.3, 0.4) is 0 Å². The molecule has 0 radical (unpaired) electrons. The number of piperazine rings is 1. The predicted octanol–water partition coefficient (Wildman–Crippen LogP) is 1.35. The highest BCUT2D eigenvalue weighted by atomic mass is 15.2. The molecule has 20 heavy (non-hydrogen) atoms. The third kappa shape index (κ3) is 2.72. The Balaban J connectivity index is 1.83. The summed E-state index contributed by atoms with van der Waals surface area (Å²) in [6.45, 7) is 5.09. The van der Waals surface area contributed by atoms with Crippen molar-refractivity contribution in [1.82, 2.24) is 20.4 Å². The van der Waals surface area contributed by atoms with Crippen LogP contribution in [0.15, 0.2) is 30.5 Å². The van der Waals surface area contributed by atoms with Crippen molar-refractivity contribution in [2.45, 2.75) is 6.54 Å². The number of hydrogen-bond donors (Lipinski definition) is 2. The maximum absolute atomic E-state index is 9.00. The molecule has 0 unspecified atom stereocenters. The van der Waals surface area contributed by atoms with Crippen LogP contribution in [0.4, 0.5) is 0 Å². The molecule has 1 aromatic carbocycles. The highest BCUT2D eigenvalue weighted by molar-refractivity contribution is 5.64. The van der Waals surface area contributed by atoms with Gasteiger partial charge in [-0.15, -0.1) is 0 Å². The summed E-state index contributed by atoms with van der Waals surface area (Å²) in [5, 5.41) is 19.6. The van der Waals surface area contributed by atoms with Crippen molar-refractivity contribution in [2.24, 2.45) is 0 Å². The number of benzene rings is 1. The molecule has 1 aliphatic rings. The molecule has 1 aromatic heterocycles. The van der Waals surface area contributed by atoms with Gasteiger partial charge in [-0.05, 0) is 12.1 Å². The van der Waals surface area contributed by atoms with E-state index in [1.165, 1.54) is 5.56 Å². The van der Waals surface area contributed by atoms with Gasteiger partial charge in [0.2, 0.25) is 0 Å². The van der Waals surface area contributed by atoms with E-state index in [-0.39, 0.29) is 0 Å². The first-order chi connectivity index (χ1) is 9.86. The first-order valence-electron chi connectivity index (χ1n) is 6.82. The third-order valence-electron chi connectivity index (χ3n) is 3.60. The van der Waals surface area contributed by atoms with Gasteiger partial charge in [-0.3, -0.25) is 10.00 Å². The van der Waals surface area contributed by atoms with Crippen molar-refractivity contribution >= 4 is 0 Å². The van der Waals surface area contributed by atoms with Crippen molar-refractivity contribution in [2.75, 3.05) is 26.2 Å². The summed E-state index contributed by atoms with van der Waals surface area (Å²) < 4.78 is 0. The summed E-state index contributed by atoms with van der Waals surface area (Å²) >= 11 is 0. The van der Waals surface area contributed by atoms with E-state index in [1.807, 2.05) is 30.5 Å². The van der Waals surface area contributed by atoms with E-state index in [9.17, 15) is 0 Å². The van der Waals surface area contributed by atoms with Gasteiger partial charge in [-0.1, -0.05) is 12.1 Å². The van der Waals surface area contributed by atoms with E-state index in [1.54, 1.807) is 0 Å². The number of hydrogen-bond acceptors (Lipinski definition) is 4. The number of rotatable bonds is 3. The summed E-state index contributed by atoms with van der Waals surface area (Å²) in [6.07, 6.45) is 1.89. The number of nitriles is 1. The minimum atomic E-state index is 0.672. The standard InChI is InChI=1S/C15H17N5/c16-9-12-2-1-3-13(8-12)15-14(10-18-19-15)11-20-6-4-17-5-7-20/h1-3,8,10,17H,4-7,11H2,(H,18,19). The van der Waals surface area contributed by atoms with Gasteiger partial charge in [-0.2, -0.15) is 10.4 Å². The number of nitrogens with one attached hydrogen (secondary N) is 2. The van der Waals surface area contributed by atoms with Crippen LogP contribution in [-0.2, 0) is 6.54 Å². The molecule has 0 aliphatic carbocycles. The molecule has 3 rings (SSSR count). The molecule has 0 spiro atoms. The van der Waals surface area contributed by atoms with Gasteiger partial charge in [0.1, 0.15) is 0 Å². The van der Waals surface area contributed by atoms with Crippen molar-refractivity contribution in [3.63, 3.8) is 0 Å². The fraction of sp³-hybridized carbons (Fsp3) is 0.333. The van der Waals surface area contributed by atoms with E-state index in [0.29, 0.717) is 5.56 Å². The Morgan fingerprint density at radius 1 is 1.30 bits per heavy atom. The van der Waals surface area contributed by atoms with Crippen LogP contribution >= 0.6 is 0 Å². The Morgan fingerprint density at radius 3 is 2.95 bits per heavy atom. The molecule has 5 nitrogen and oxygen atoms in total. The average Bonchev–Trinajstić information content (AvgIpc) is 2.96. The minimum absolute atomic E-state index is 0.672. The summed E-state index contributed by atoms with van der Waals surface area (Å²) in [6, 6.07) is 9.81. The maximum Gasteiger partial charge on any atom is 0.0991 e. The molecule has 0 saturated carbocycles. The zero-order valence-electron chi connectivity index (χ0n) is 11.3. The molecule has 0 amide bonds. The Hall–Kier alpha value is -2.16. The van der Waals surface area contributed by atoms with E-state index < -0.39 is 0 Å². The third-order valence-corrected chi connectivity index (χ3v) is 3.60. The van der Waals surface area contributed by atoms with E-state index in [0.717, 1.165) is 44.0 Å². The van der Waals surface area contributed by atoms with Gasteiger partial charge >= 0.3 is 0 Å². The van der Waals surface area contributed by atoms with Gasteiger partial charge in [0.15, 0.2) is 0 Å². The summed E-state index contributed by atoms with van der Waals surface area (Å²) in [7, 11) is 0. The van der Waals surface area contributed by atoms with E-state index in [4.69, 9.17) is 5.26 Å². The second-order valence-corrected chi connectivity index (χ2v) is 4.99. The van der Waals surface area contributed by atoms with Crippen LogP contribution in [0.25, 0.3) is 11.3 Å². The highest BCUT2D eigenvalue weighted by Gasteiger charge is 2.14. The lowest BCUT2D eigenvalue weighted by atomic mass is 10.1. The smallest absolute Gasteiger partial charge is 0.0991 e. The van der Waals surface area contributed by atoms with Crippen molar-refractivity contribution < 1.29 is 0 Å². The largest absolute Gasteiger partial charge is 0.314 e. The monoisotopic (exact) mass is 267 g/mol. The summed E-state index contributed by atoms with van der Waals surface area (Å²) in [4.78, 5) is 2.42. The lowest BCUT2D eigenvalue weighted by molar-refractivity contribution is 0.233. The minimum Gasteiger partial charge on any atom is -0.314 e. The van der Waals surface area contributed by atoms with Crippen molar-refractivity contribution in [3.8, 4) is 17.3 Å². The maximum atomic E-state index is 9.00. The highest BCUT2D eigenvalue weighted by Crippen LogP contribution is 2.23. The average molecular weight is 267 g/mol. The van der Waals surface area contributed by atoms with Crippen LogP contribution < -0.4 is 5.32 Å². The Bertz CT molecular complexity index is 619. The molecular weight excluding hydrogens is 250 g/mol. The normalized spacial score (nSPS) is 15.9. The molecule has 1 saturated heterocycles. The second kappa shape index (κ2) is 5.87. The zero-order valence-corrected chi connectivity index (χ0v) is 11.3. The number of aromatic amines is 1. The van der Waals surface area contributed by atoms with Crippen LogP contribution in [0.1, 0.15) is 11.1 Å². The predicted molar refractivity (Wildman–Crippen MR) is 76.9 cm³/mol. The number of H-pyrrole nitrogens is 1. The van der Waals surface area contributed by atoms with Crippen LogP contribution in [0.5, 0.6) is 0 Å². The van der Waals surface area contributed by atoms with Crippen molar-refractivity contribution in [3.05, 3.63) is 41.6 Å². The van der Waals surface area contributed by atoms with E-state index >= 15 is 0 Å². The Labute approximate surface area is 118 Å². The fourth-order valence-corrected chi connectivity index (χ4v) is 2.54. The number of nitrogens with zero attached hydrogens (tertiary/aromatic N) is 3. The molecule has 1 aliphatic heterocycles. The van der Waals surface area contributed by atoms with Gasteiger partial charge in [0, 0.05) is 43.9 Å². The lowest BCUT2D eigenvalue weighted by Gasteiger charge is -2.27. The van der Waals surface area contributed by atoms with E-state index in [2.05, 4.69) is 26.5 Å². The SMILES string of the molecule is N#Cc1cccc(-c2[nH]ncc2CN2CCNCC2)c1. The molecule has 5 heteroatoms. The second-order valence-electron chi connectivity index (χ2n) is 4.99. The summed E-state index contributed by atoms with van der Waals surface area (Å²) in [5.41, 5.74) is 3.89. The molecule has 102 valence electrons. The first kappa shape index (κ1) is 12.9. The molecule has 0 bridgehead atoms. The topological polar surface area (TPSA) is 67.7 Å². The van der Waals surface area contributed by atoms with Crippen molar-refractivity contribution in [1.29, 1.82) is 5.26 Å². The lowest BCUT2D eigenvalue weighted by Crippen LogP contribution is -2.42. The molecule has 2 N–H and O–H groups in total. The van der Waals surface area contributed by atoms with Gasteiger partial charge in [0.25, 0.3) is 0 Å². The van der Waals surface area contributed by atoms with Gasteiger partial charge < -0.3 is 5.32 Å². The van der Waals surface area contributed by atoms with Crippen LogP contribution in [0.2, 0.25) is 0 Å². The fourth-order valence-electron chi connectivity index (χ4n) is 2.54. The van der Waals surface area contributed by atoms with Crippen LogP contribution in [-0.4, -0.2) is 41.3 Å². The Kier molecular flexibility index (Phi) is 3.77. The number of aromatic nitrogens is 2.